The Labute approximate surface area is 100 Å². The Kier molecular flexibility index (Phi) is 4.77. The van der Waals surface area contributed by atoms with E-state index in [1.165, 1.54) is 0 Å². The third-order valence-corrected chi connectivity index (χ3v) is 2.72. The minimum absolute atomic E-state index is 0.0467. The number of rotatable bonds is 4. The van der Waals surface area contributed by atoms with Gasteiger partial charge in [0, 0.05) is 10.6 Å². The number of halogens is 1. The Bertz CT molecular complexity index is 375. The summed E-state index contributed by atoms with van der Waals surface area (Å²) in [6, 6.07) is 4.93. The van der Waals surface area contributed by atoms with E-state index in [1.807, 2.05) is 13.8 Å². The normalized spacial score (nSPS) is 12.2. The van der Waals surface area contributed by atoms with Gasteiger partial charge >= 0.3 is 0 Å². The van der Waals surface area contributed by atoms with E-state index in [0.29, 0.717) is 17.0 Å². The molecule has 4 heteroatoms. The molecule has 0 aliphatic carbocycles. The highest BCUT2D eigenvalue weighted by atomic mass is 35.5. The zero-order valence-corrected chi connectivity index (χ0v) is 10.2. The van der Waals surface area contributed by atoms with Gasteiger partial charge in [0.05, 0.1) is 12.6 Å². The maximum absolute atomic E-state index is 11.8. The standard InChI is InChI=1S/C12H16ClNO2/c1-3-10(7-15)14-12(16)11-5-4-9(13)6-8(11)2/h4-6,10,15H,3,7H2,1-2H3,(H,14,16). The number of aliphatic hydroxyl groups is 1. The van der Waals surface area contributed by atoms with Crippen molar-refractivity contribution in [3.05, 3.63) is 34.3 Å². The fourth-order valence-corrected chi connectivity index (χ4v) is 1.65. The molecule has 0 fully saturated rings. The van der Waals surface area contributed by atoms with Crippen LogP contribution >= 0.6 is 11.6 Å². The van der Waals surface area contributed by atoms with Crippen molar-refractivity contribution in [3.63, 3.8) is 0 Å². The lowest BCUT2D eigenvalue weighted by molar-refractivity contribution is 0.0914. The molecule has 1 amide bonds. The molecule has 1 unspecified atom stereocenters. The number of carbonyl (C=O) groups excluding carboxylic acids is 1. The summed E-state index contributed by atoms with van der Waals surface area (Å²) in [5.41, 5.74) is 1.43. The third kappa shape index (κ3) is 3.22. The minimum Gasteiger partial charge on any atom is -0.394 e. The van der Waals surface area contributed by atoms with E-state index in [2.05, 4.69) is 5.32 Å². The summed E-state index contributed by atoms with van der Waals surface area (Å²) in [6.45, 7) is 3.70. The van der Waals surface area contributed by atoms with Crippen molar-refractivity contribution in [1.82, 2.24) is 5.32 Å². The maximum atomic E-state index is 11.8. The van der Waals surface area contributed by atoms with Gasteiger partial charge in [0.1, 0.15) is 0 Å². The van der Waals surface area contributed by atoms with Crippen molar-refractivity contribution in [2.24, 2.45) is 0 Å². The van der Waals surface area contributed by atoms with Crippen molar-refractivity contribution in [2.75, 3.05) is 6.61 Å². The number of hydrogen-bond acceptors (Lipinski definition) is 2. The Morgan fingerprint density at radius 3 is 2.75 bits per heavy atom. The van der Waals surface area contributed by atoms with E-state index in [1.54, 1.807) is 18.2 Å². The number of benzene rings is 1. The zero-order chi connectivity index (χ0) is 12.1. The summed E-state index contributed by atoms with van der Waals surface area (Å²) >= 11 is 5.81. The average molecular weight is 242 g/mol. The van der Waals surface area contributed by atoms with Crippen molar-refractivity contribution >= 4 is 17.5 Å². The van der Waals surface area contributed by atoms with Gasteiger partial charge in [-0.3, -0.25) is 4.79 Å². The van der Waals surface area contributed by atoms with Gasteiger partial charge < -0.3 is 10.4 Å². The predicted molar refractivity (Wildman–Crippen MR) is 64.8 cm³/mol. The lowest BCUT2D eigenvalue weighted by atomic mass is 10.1. The van der Waals surface area contributed by atoms with E-state index in [4.69, 9.17) is 16.7 Å². The van der Waals surface area contributed by atoms with Crippen LogP contribution in [0, 0.1) is 6.92 Å². The fraction of sp³-hybridized carbons (Fsp3) is 0.417. The largest absolute Gasteiger partial charge is 0.394 e. The molecule has 0 spiro atoms. The van der Waals surface area contributed by atoms with Crippen LogP contribution in [0.4, 0.5) is 0 Å². The van der Waals surface area contributed by atoms with Gasteiger partial charge in [0.25, 0.3) is 5.91 Å². The fourth-order valence-electron chi connectivity index (χ4n) is 1.42. The molecule has 0 bridgehead atoms. The highest BCUT2D eigenvalue weighted by molar-refractivity contribution is 6.30. The Morgan fingerprint density at radius 2 is 2.25 bits per heavy atom. The molecule has 0 radical (unpaired) electrons. The third-order valence-electron chi connectivity index (χ3n) is 2.48. The van der Waals surface area contributed by atoms with Crippen molar-refractivity contribution in [2.45, 2.75) is 26.3 Å². The van der Waals surface area contributed by atoms with Gasteiger partial charge in [0.15, 0.2) is 0 Å². The number of aliphatic hydroxyl groups excluding tert-OH is 1. The number of carbonyl (C=O) groups is 1. The summed E-state index contributed by atoms with van der Waals surface area (Å²) in [7, 11) is 0. The second-order valence-corrected chi connectivity index (χ2v) is 4.16. The highest BCUT2D eigenvalue weighted by Crippen LogP contribution is 2.15. The number of hydrogen-bond donors (Lipinski definition) is 2. The Hall–Kier alpha value is -1.06. The molecule has 1 aromatic rings. The predicted octanol–water partition coefficient (Wildman–Crippen LogP) is 2.15. The first-order valence-corrected chi connectivity index (χ1v) is 5.64. The molecule has 88 valence electrons. The van der Waals surface area contributed by atoms with E-state index in [9.17, 15) is 4.79 Å². The van der Waals surface area contributed by atoms with Crippen LogP contribution in [-0.2, 0) is 0 Å². The van der Waals surface area contributed by atoms with Crippen LogP contribution in [0.1, 0.15) is 29.3 Å². The second kappa shape index (κ2) is 5.87. The Balaban J connectivity index is 2.80. The van der Waals surface area contributed by atoms with Crippen LogP contribution < -0.4 is 5.32 Å². The molecule has 1 aromatic carbocycles. The van der Waals surface area contributed by atoms with Crippen molar-refractivity contribution < 1.29 is 9.90 Å². The van der Waals surface area contributed by atoms with Crippen LogP contribution in [0.3, 0.4) is 0 Å². The summed E-state index contributed by atoms with van der Waals surface area (Å²) < 4.78 is 0. The van der Waals surface area contributed by atoms with Crippen molar-refractivity contribution in [1.29, 1.82) is 0 Å². The van der Waals surface area contributed by atoms with Gasteiger partial charge in [-0.25, -0.2) is 0 Å². The summed E-state index contributed by atoms with van der Waals surface area (Å²) in [6.07, 6.45) is 0.703. The average Bonchev–Trinajstić information content (AvgIpc) is 2.25. The quantitative estimate of drug-likeness (QED) is 0.849. The lowest BCUT2D eigenvalue weighted by Gasteiger charge is -2.15. The first-order chi connectivity index (χ1) is 7.58. The zero-order valence-electron chi connectivity index (χ0n) is 9.46. The molecule has 2 N–H and O–H groups in total. The molecule has 1 rings (SSSR count). The maximum Gasteiger partial charge on any atom is 0.251 e. The summed E-state index contributed by atoms with van der Waals surface area (Å²) in [4.78, 5) is 11.8. The molecule has 0 saturated heterocycles. The molecule has 16 heavy (non-hydrogen) atoms. The van der Waals surface area contributed by atoms with Crippen molar-refractivity contribution in [3.8, 4) is 0 Å². The van der Waals surface area contributed by atoms with Gasteiger partial charge in [0.2, 0.25) is 0 Å². The van der Waals surface area contributed by atoms with Crippen LogP contribution in [0.25, 0.3) is 0 Å². The van der Waals surface area contributed by atoms with Gasteiger partial charge in [-0.2, -0.15) is 0 Å². The van der Waals surface area contributed by atoms with E-state index in [0.717, 1.165) is 5.56 Å². The molecule has 0 aliphatic heterocycles. The molecule has 3 nitrogen and oxygen atoms in total. The van der Waals surface area contributed by atoms with Crippen LogP contribution in [-0.4, -0.2) is 23.7 Å². The molecule has 0 heterocycles. The molecular weight excluding hydrogens is 226 g/mol. The molecule has 0 saturated carbocycles. The lowest BCUT2D eigenvalue weighted by Crippen LogP contribution is -2.37. The molecule has 0 aromatic heterocycles. The smallest absolute Gasteiger partial charge is 0.251 e. The molecule has 1 atom stereocenters. The van der Waals surface area contributed by atoms with E-state index in [-0.39, 0.29) is 18.6 Å². The second-order valence-electron chi connectivity index (χ2n) is 3.72. The molecular formula is C12H16ClNO2. The Morgan fingerprint density at radius 1 is 1.56 bits per heavy atom. The van der Waals surface area contributed by atoms with Crippen LogP contribution in [0.2, 0.25) is 5.02 Å². The van der Waals surface area contributed by atoms with Crippen LogP contribution in [0.15, 0.2) is 18.2 Å². The summed E-state index contributed by atoms with van der Waals surface area (Å²) in [5, 5.41) is 12.4. The minimum atomic E-state index is -0.192. The van der Waals surface area contributed by atoms with Gasteiger partial charge in [-0.1, -0.05) is 18.5 Å². The van der Waals surface area contributed by atoms with E-state index >= 15 is 0 Å². The van der Waals surface area contributed by atoms with Gasteiger partial charge in [-0.15, -0.1) is 0 Å². The number of amides is 1. The van der Waals surface area contributed by atoms with E-state index < -0.39 is 0 Å². The van der Waals surface area contributed by atoms with Crippen LogP contribution in [0.5, 0.6) is 0 Å². The first-order valence-electron chi connectivity index (χ1n) is 5.26. The summed E-state index contributed by atoms with van der Waals surface area (Å²) in [5.74, 6) is -0.171. The SMILES string of the molecule is CCC(CO)NC(=O)c1ccc(Cl)cc1C. The number of nitrogens with one attached hydrogen (secondary N) is 1. The van der Waals surface area contributed by atoms with Gasteiger partial charge in [-0.05, 0) is 37.1 Å². The first kappa shape index (κ1) is 13.0. The number of aryl methyl sites for hydroxylation is 1. The highest BCUT2D eigenvalue weighted by Gasteiger charge is 2.13. The topological polar surface area (TPSA) is 49.3 Å². The molecule has 0 aliphatic rings. The monoisotopic (exact) mass is 241 g/mol.